The molecule has 0 aliphatic heterocycles. The third-order valence-corrected chi connectivity index (χ3v) is 7.34. The number of nitrogens with zero attached hydrogens (tertiary/aromatic N) is 3. The molecule has 1 aliphatic carbocycles. The molecule has 0 radical (unpaired) electrons. The molecule has 1 fully saturated rings. The quantitative estimate of drug-likeness (QED) is 0.416. The molecule has 2 heterocycles. The lowest BCUT2D eigenvalue weighted by Crippen LogP contribution is -2.38. The number of pyridine rings is 1. The van der Waals surface area contributed by atoms with Crippen molar-refractivity contribution in [3.63, 3.8) is 0 Å². The minimum atomic E-state index is -0.682. The van der Waals surface area contributed by atoms with Crippen LogP contribution in [-0.4, -0.2) is 20.3 Å². The molecule has 2 aromatic carbocycles. The van der Waals surface area contributed by atoms with Crippen molar-refractivity contribution in [3.8, 4) is 0 Å². The number of benzene rings is 2. The lowest BCUT2D eigenvalue weighted by atomic mass is 9.77. The van der Waals surface area contributed by atoms with Gasteiger partial charge >= 0.3 is 0 Å². The number of nitrogens with one attached hydrogen (secondary N) is 1. The predicted molar refractivity (Wildman–Crippen MR) is 134 cm³/mol. The van der Waals surface area contributed by atoms with Crippen LogP contribution in [0.15, 0.2) is 53.3 Å². The highest BCUT2D eigenvalue weighted by Crippen LogP contribution is 2.38. The lowest BCUT2D eigenvalue weighted by Gasteiger charge is -2.35. The maximum Gasteiger partial charge on any atom is 0.262 e. The molecule has 1 atom stereocenters. The zero-order chi connectivity index (χ0) is 25.6. The number of halogens is 2. The van der Waals surface area contributed by atoms with E-state index >= 15 is 0 Å². The summed E-state index contributed by atoms with van der Waals surface area (Å²) in [4.78, 5) is 27.2. The van der Waals surface area contributed by atoms with Crippen molar-refractivity contribution in [1.29, 1.82) is 0 Å². The van der Waals surface area contributed by atoms with Gasteiger partial charge in [0.25, 0.3) is 11.5 Å². The minimum Gasteiger partial charge on any atom is -0.345 e. The first-order chi connectivity index (χ1) is 17.2. The Morgan fingerprint density at radius 1 is 1.14 bits per heavy atom. The normalized spacial score (nSPS) is 14.6. The van der Waals surface area contributed by atoms with Gasteiger partial charge < -0.3 is 9.88 Å². The van der Waals surface area contributed by atoms with E-state index in [0.717, 1.165) is 25.0 Å². The molecule has 4 aromatic rings. The van der Waals surface area contributed by atoms with Crippen molar-refractivity contribution in [3.05, 3.63) is 98.7 Å². The lowest BCUT2D eigenvalue weighted by molar-refractivity contribution is 0.0900. The molecule has 0 spiro atoms. The Balaban J connectivity index is 1.62. The number of carbonyl (C=O) groups is 1. The number of hydrogen-bond acceptors (Lipinski definition) is 3. The number of fused-ring (bicyclic) bond motifs is 1. The number of aryl methyl sites for hydroxylation is 2. The highest BCUT2D eigenvalue weighted by molar-refractivity contribution is 6.08. The van der Waals surface area contributed by atoms with Crippen LogP contribution in [0.3, 0.4) is 0 Å². The summed E-state index contributed by atoms with van der Waals surface area (Å²) in [6.45, 7) is 3.70. The van der Waals surface area contributed by atoms with Gasteiger partial charge in [0.1, 0.15) is 11.6 Å². The standard InChI is InChI=1S/C28H28F2N4O2/c1-16-13-21(32-33(16)3)15-34-17(2)24(22-11-6-12-23(30)25(22)28(34)36)27(35)31-26(18-7-4-8-18)19-9-5-10-20(29)14-19/h5-6,9-14,18,26H,4,7-8,15H2,1-3H3,(H,31,35)/t26-/m0/s1. The van der Waals surface area contributed by atoms with Gasteiger partial charge in [-0.25, -0.2) is 8.78 Å². The van der Waals surface area contributed by atoms with E-state index in [0.29, 0.717) is 17.0 Å². The number of aromatic nitrogens is 3. The van der Waals surface area contributed by atoms with Gasteiger partial charge in [-0.3, -0.25) is 14.3 Å². The highest BCUT2D eigenvalue weighted by Gasteiger charge is 2.32. The van der Waals surface area contributed by atoms with E-state index in [2.05, 4.69) is 10.4 Å². The largest absolute Gasteiger partial charge is 0.345 e. The maximum atomic E-state index is 15.0. The molecule has 1 amide bonds. The summed E-state index contributed by atoms with van der Waals surface area (Å²) in [5.74, 6) is -1.29. The first kappa shape index (κ1) is 23.9. The molecule has 2 aromatic heterocycles. The van der Waals surface area contributed by atoms with Gasteiger partial charge in [0, 0.05) is 23.8 Å². The average Bonchev–Trinajstić information content (AvgIpc) is 3.11. The van der Waals surface area contributed by atoms with E-state index < -0.39 is 17.3 Å². The fourth-order valence-electron chi connectivity index (χ4n) is 5.08. The zero-order valence-corrected chi connectivity index (χ0v) is 20.5. The summed E-state index contributed by atoms with van der Waals surface area (Å²) >= 11 is 0. The molecule has 6 nitrogen and oxygen atoms in total. The first-order valence-corrected chi connectivity index (χ1v) is 12.1. The van der Waals surface area contributed by atoms with Crippen LogP contribution < -0.4 is 10.9 Å². The number of carbonyl (C=O) groups excluding carboxylic acids is 1. The molecular weight excluding hydrogens is 462 g/mol. The van der Waals surface area contributed by atoms with Gasteiger partial charge in [0.2, 0.25) is 0 Å². The third-order valence-electron chi connectivity index (χ3n) is 7.34. The topological polar surface area (TPSA) is 68.9 Å². The Hall–Kier alpha value is -3.81. The van der Waals surface area contributed by atoms with E-state index in [9.17, 15) is 18.4 Å². The predicted octanol–water partition coefficient (Wildman–Crippen LogP) is 4.95. The Bertz CT molecular complexity index is 1520. The van der Waals surface area contributed by atoms with Crippen molar-refractivity contribution >= 4 is 16.7 Å². The van der Waals surface area contributed by atoms with Gasteiger partial charge in [-0.15, -0.1) is 0 Å². The molecule has 1 N–H and O–H groups in total. The molecule has 36 heavy (non-hydrogen) atoms. The van der Waals surface area contributed by atoms with Crippen molar-refractivity contribution in [1.82, 2.24) is 19.7 Å². The smallest absolute Gasteiger partial charge is 0.262 e. The molecule has 186 valence electrons. The summed E-state index contributed by atoms with van der Waals surface area (Å²) in [6, 6.07) is 12.0. The Morgan fingerprint density at radius 3 is 2.53 bits per heavy atom. The molecule has 0 saturated heterocycles. The summed E-state index contributed by atoms with van der Waals surface area (Å²) in [6.07, 6.45) is 2.90. The van der Waals surface area contributed by atoms with Gasteiger partial charge in [0.05, 0.1) is 29.2 Å². The van der Waals surface area contributed by atoms with Crippen molar-refractivity contribution in [2.24, 2.45) is 13.0 Å². The second-order valence-electron chi connectivity index (χ2n) is 9.61. The SMILES string of the molecule is Cc1cc(Cn2c(C)c(C(=O)N[C@H](c3cccc(F)c3)C3CCC3)c3cccc(F)c3c2=O)nn1C. The fourth-order valence-corrected chi connectivity index (χ4v) is 5.08. The summed E-state index contributed by atoms with van der Waals surface area (Å²) < 4.78 is 32.1. The summed E-state index contributed by atoms with van der Waals surface area (Å²) in [5, 5.41) is 7.65. The van der Waals surface area contributed by atoms with Gasteiger partial charge in [0.15, 0.2) is 0 Å². The molecule has 1 saturated carbocycles. The minimum absolute atomic E-state index is 0.104. The summed E-state index contributed by atoms with van der Waals surface area (Å²) in [5.41, 5.74) is 2.39. The second kappa shape index (κ2) is 9.33. The molecule has 0 unspecified atom stereocenters. The van der Waals surface area contributed by atoms with Crippen molar-refractivity contribution in [2.45, 2.75) is 45.7 Å². The zero-order valence-electron chi connectivity index (χ0n) is 20.5. The Kier molecular flexibility index (Phi) is 6.20. The average molecular weight is 491 g/mol. The van der Waals surface area contributed by atoms with Crippen molar-refractivity contribution in [2.75, 3.05) is 0 Å². The summed E-state index contributed by atoms with van der Waals surface area (Å²) in [7, 11) is 1.81. The van der Waals surface area contributed by atoms with Crippen LogP contribution >= 0.6 is 0 Å². The Morgan fingerprint density at radius 2 is 1.89 bits per heavy atom. The van der Waals surface area contributed by atoms with Crippen LogP contribution in [0.1, 0.15) is 58.3 Å². The van der Waals surface area contributed by atoms with Crippen LogP contribution in [0.5, 0.6) is 0 Å². The molecule has 8 heteroatoms. The van der Waals surface area contributed by atoms with E-state index in [1.807, 2.05) is 13.0 Å². The third kappa shape index (κ3) is 4.21. The van der Waals surface area contributed by atoms with Gasteiger partial charge in [-0.2, -0.15) is 5.10 Å². The van der Waals surface area contributed by atoms with Crippen molar-refractivity contribution < 1.29 is 13.6 Å². The second-order valence-corrected chi connectivity index (χ2v) is 9.61. The number of rotatable bonds is 6. The molecule has 1 aliphatic rings. The maximum absolute atomic E-state index is 15.0. The van der Waals surface area contributed by atoms with E-state index in [4.69, 9.17) is 0 Å². The fraction of sp³-hybridized carbons (Fsp3) is 0.321. The number of amides is 1. The van der Waals surface area contributed by atoms with Crippen LogP contribution in [0.2, 0.25) is 0 Å². The Labute approximate surface area is 207 Å². The van der Waals surface area contributed by atoms with Crippen LogP contribution in [0, 0.1) is 31.4 Å². The van der Waals surface area contributed by atoms with E-state index in [-0.39, 0.29) is 40.7 Å². The monoisotopic (exact) mass is 490 g/mol. The molecular formula is C28H28F2N4O2. The van der Waals surface area contributed by atoms with Gasteiger partial charge in [-0.1, -0.05) is 30.7 Å². The molecule has 0 bridgehead atoms. The van der Waals surface area contributed by atoms with Crippen LogP contribution in [-0.2, 0) is 13.6 Å². The van der Waals surface area contributed by atoms with E-state index in [1.165, 1.54) is 28.8 Å². The highest BCUT2D eigenvalue weighted by atomic mass is 19.1. The van der Waals surface area contributed by atoms with Crippen LogP contribution in [0.4, 0.5) is 8.78 Å². The van der Waals surface area contributed by atoms with Gasteiger partial charge in [-0.05, 0) is 62.4 Å². The first-order valence-electron chi connectivity index (χ1n) is 12.1. The van der Waals surface area contributed by atoms with Crippen LogP contribution in [0.25, 0.3) is 10.8 Å². The molecule has 5 rings (SSSR count). The number of hydrogen-bond donors (Lipinski definition) is 1. The van der Waals surface area contributed by atoms with E-state index in [1.54, 1.807) is 36.9 Å².